The number of rotatable bonds is 7. The van der Waals surface area contributed by atoms with E-state index in [0.29, 0.717) is 31.8 Å². The Kier molecular flexibility index (Phi) is 6.22. The van der Waals surface area contributed by atoms with Gasteiger partial charge in [0.15, 0.2) is 0 Å². The first-order valence-corrected chi connectivity index (χ1v) is 6.45. The summed E-state index contributed by atoms with van der Waals surface area (Å²) in [5.41, 5.74) is 6.16. The van der Waals surface area contributed by atoms with Gasteiger partial charge in [-0.3, -0.25) is 4.79 Å². The van der Waals surface area contributed by atoms with Gasteiger partial charge in [0.05, 0.1) is 6.61 Å². The van der Waals surface area contributed by atoms with Crippen LogP contribution in [0.5, 0.6) is 5.75 Å². The van der Waals surface area contributed by atoms with E-state index in [-0.39, 0.29) is 5.91 Å². The van der Waals surface area contributed by atoms with Crippen LogP contribution in [0.1, 0.15) is 30.6 Å². The van der Waals surface area contributed by atoms with Crippen molar-refractivity contribution in [1.82, 2.24) is 4.90 Å². The summed E-state index contributed by atoms with van der Waals surface area (Å²) in [6.07, 6.45) is 0.830. The maximum absolute atomic E-state index is 12.2. The molecule has 0 fully saturated rings. The minimum Gasteiger partial charge on any atom is -0.494 e. The van der Waals surface area contributed by atoms with Gasteiger partial charge in [0.25, 0.3) is 5.91 Å². The van der Waals surface area contributed by atoms with Gasteiger partial charge in [0, 0.05) is 18.7 Å². The molecule has 0 saturated carbocycles. The van der Waals surface area contributed by atoms with Crippen molar-refractivity contribution in [3.8, 4) is 5.75 Å². The second-order valence-electron chi connectivity index (χ2n) is 3.98. The highest BCUT2D eigenvalue weighted by Gasteiger charge is 2.13. The molecule has 1 aromatic rings. The molecule has 4 nitrogen and oxygen atoms in total. The lowest BCUT2D eigenvalue weighted by atomic mass is 10.2. The molecule has 0 radical (unpaired) electrons. The molecule has 0 aromatic heterocycles. The summed E-state index contributed by atoms with van der Waals surface area (Å²) in [5.74, 6) is 0.841. The number of nitrogens with two attached hydrogens (primary N) is 1. The van der Waals surface area contributed by atoms with Gasteiger partial charge in [-0.15, -0.1) is 0 Å². The lowest BCUT2D eigenvalue weighted by molar-refractivity contribution is 0.0763. The molecule has 2 N–H and O–H groups in total. The first-order chi connectivity index (χ1) is 8.72. The smallest absolute Gasteiger partial charge is 0.253 e. The van der Waals surface area contributed by atoms with Crippen LogP contribution in [-0.4, -0.2) is 37.0 Å². The topological polar surface area (TPSA) is 55.6 Å². The van der Waals surface area contributed by atoms with Crippen LogP contribution >= 0.6 is 0 Å². The molecule has 1 amide bonds. The third kappa shape index (κ3) is 4.04. The third-order valence-electron chi connectivity index (χ3n) is 2.71. The van der Waals surface area contributed by atoms with Crippen molar-refractivity contribution in [2.24, 2.45) is 5.73 Å². The average Bonchev–Trinajstić information content (AvgIpc) is 2.40. The SMILES string of the molecule is CCOc1ccc(C(=O)N(CC)CCCN)cc1. The Morgan fingerprint density at radius 2 is 1.94 bits per heavy atom. The second kappa shape index (κ2) is 7.71. The average molecular weight is 250 g/mol. The summed E-state index contributed by atoms with van der Waals surface area (Å²) >= 11 is 0. The lowest BCUT2D eigenvalue weighted by Crippen LogP contribution is -2.32. The number of hydrogen-bond donors (Lipinski definition) is 1. The fourth-order valence-corrected chi connectivity index (χ4v) is 1.73. The number of carbonyl (C=O) groups is 1. The minimum atomic E-state index is 0.0500. The van der Waals surface area contributed by atoms with Crippen molar-refractivity contribution in [3.05, 3.63) is 29.8 Å². The molecule has 1 aromatic carbocycles. The summed E-state index contributed by atoms with van der Waals surface area (Å²) in [4.78, 5) is 14.0. The van der Waals surface area contributed by atoms with Crippen LogP contribution in [0, 0.1) is 0 Å². The van der Waals surface area contributed by atoms with E-state index in [1.807, 2.05) is 30.9 Å². The van der Waals surface area contributed by atoms with Crippen molar-refractivity contribution in [1.29, 1.82) is 0 Å². The van der Waals surface area contributed by atoms with Crippen molar-refractivity contribution in [2.45, 2.75) is 20.3 Å². The molecule has 0 aliphatic heterocycles. The second-order valence-corrected chi connectivity index (χ2v) is 3.98. The number of carbonyl (C=O) groups excluding carboxylic acids is 1. The Morgan fingerprint density at radius 3 is 2.44 bits per heavy atom. The molecule has 0 bridgehead atoms. The zero-order chi connectivity index (χ0) is 13.4. The summed E-state index contributed by atoms with van der Waals surface area (Å²) in [7, 11) is 0. The first-order valence-electron chi connectivity index (χ1n) is 6.45. The fraction of sp³-hybridized carbons (Fsp3) is 0.500. The van der Waals surface area contributed by atoms with Gasteiger partial charge in [-0.05, 0) is 51.1 Å². The number of ether oxygens (including phenoxy) is 1. The van der Waals surface area contributed by atoms with Crippen LogP contribution in [0.2, 0.25) is 0 Å². The van der Waals surface area contributed by atoms with E-state index in [1.54, 1.807) is 12.1 Å². The highest BCUT2D eigenvalue weighted by Crippen LogP contribution is 2.13. The highest BCUT2D eigenvalue weighted by atomic mass is 16.5. The molecular formula is C14H22N2O2. The molecule has 100 valence electrons. The standard InChI is InChI=1S/C14H22N2O2/c1-3-16(11-5-10-15)14(17)12-6-8-13(9-7-12)18-4-2/h6-9H,3-5,10-11,15H2,1-2H3. The maximum Gasteiger partial charge on any atom is 0.253 e. The molecule has 0 aliphatic carbocycles. The normalized spacial score (nSPS) is 10.2. The van der Waals surface area contributed by atoms with Crippen molar-refractivity contribution >= 4 is 5.91 Å². The fourth-order valence-electron chi connectivity index (χ4n) is 1.73. The number of benzene rings is 1. The Hall–Kier alpha value is -1.55. The summed E-state index contributed by atoms with van der Waals surface area (Å²) in [6.45, 7) is 6.55. The predicted octanol–water partition coefficient (Wildman–Crippen LogP) is 1.90. The van der Waals surface area contributed by atoms with Crippen LogP contribution in [-0.2, 0) is 0 Å². The highest BCUT2D eigenvalue weighted by molar-refractivity contribution is 5.94. The Labute approximate surface area is 109 Å². The molecule has 0 unspecified atom stereocenters. The van der Waals surface area contributed by atoms with E-state index in [0.717, 1.165) is 12.2 Å². The number of nitrogens with zero attached hydrogens (tertiary/aromatic N) is 1. The van der Waals surface area contributed by atoms with E-state index < -0.39 is 0 Å². The Bertz CT molecular complexity index is 363. The maximum atomic E-state index is 12.2. The van der Waals surface area contributed by atoms with Crippen LogP contribution in [0.25, 0.3) is 0 Å². The van der Waals surface area contributed by atoms with Gasteiger partial charge in [-0.25, -0.2) is 0 Å². The van der Waals surface area contributed by atoms with Crippen LogP contribution < -0.4 is 10.5 Å². The van der Waals surface area contributed by atoms with E-state index in [2.05, 4.69) is 0 Å². The van der Waals surface area contributed by atoms with Crippen molar-refractivity contribution < 1.29 is 9.53 Å². The largest absolute Gasteiger partial charge is 0.494 e. The molecule has 0 saturated heterocycles. The predicted molar refractivity (Wildman–Crippen MR) is 72.9 cm³/mol. The molecule has 4 heteroatoms. The number of hydrogen-bond acceptors (Lipinski definition) is 3. The molecule has 1 rings (SSSR count). The molecular weight excluding hydrogens is 228 g/mol. The van der Waals surface area contributed by atoms with Gasteiger partial charge in [-0.2, -0.15) is 0 Å². The molecule has 0 spiro atoms. The molecule has 18 heavy (non-hydrogen) atoms. The van der Waals surface area contributed by atoms with Gasteiger partial charge < -0.3 is 15.4 Å². The lowest BCUT2D eigenvalue weighted by Gasteiger charge is -2.20. The summed E-state index contributed by atoms with van der Waals surface area (Å²) < 4.78 is 5.35. The molecule has 0 heterocycles. The van der Waals surface area contributed by atoms with Crippen LogP contribution in [0.3, 0.4) is 0 Å². The Morgan fingerprint density at radius 1 is 1.28 bits per heavy atom. The van der Waals surface area contributed by atoms with Gasteiger partial charge in [0.2, 0.25) is 0 Å². The summed E-state index contributed by atoms with van der Waals surface area (Å²) in [5, 5.41) is 0. The monoisotopic (exact) mass is 250 g/mol. The zero-order valence-electron chi connectivity index (χ0n) is 11.2. The van der Waals surface area contributed by atoms with E-state index in [4.69, 9.17) is 10.5 Å². The van der Waals surface area contributed by atoms with Crippen molar-refractivity contribution in [2.75, 3.05) is 26.2 Å². The number of amides is 1. The van der Waals surface area contributed by atoms with Crippen LogP contribution in [0.15, 0.2) is 24.3 Å². The minimum absolute atomic E-state index is 0.0500. The summed E-state index contributed by atoms with van der Waals surface area (Å²) in [6, 6.07) is 7.26. The van der Waals surface area contributed by atoms with Gasteiger partial charge in [-0.1, -0.05) is 0 Å². The van der Waals surface area contributed by atoms with E-state index in [1.165, 1.54) is 0 Å². The van der Waals surface area contributed by atoms with Gasteiger partial charge in [0.1, 0.15) is 5.75 Å². The zero-order valence-corrected chi connectivity index (χ0v) is 11.2. The third-order valence-corrected chi connectivity index (χ3v) is 2.71. The van der Waals surface area contributed by atoms with E-state index in [9.17, 15) is 4.79 Å². The molecule has 0 atom stereocenters. The van der Waals surface area contributed by atoms with Crippen molar-refractivity contribution in [3.63, 3.8) is 0 Å². The van der Waals surface area contributed by atoms with Crippen LogP contribution in [0.4, 0.5) is 0 Å². The Balaban J connectivity index is 2.69. The first kappa shape index (κ1) is 14.5. The molecule has 0 aliphatic rings. The van der Waals surface area contributed by atoms with Gasteiger partial charge >= 0.3 is 0 Å². The van der Waals surface area contributed by atoms with E-state index >= 15 is 0 Å². The quantitative estimate of drug-likeness (QED) is 0.804.